The highest BCUT2D eigenvalue weighted by atomic mass is 16.6. The lowest BCUT2D eigenvalue weighted by molar-refractivity contribution is -0.141. The minimum Gasteiger partial charge on any atom is -0.490 e. The van der Waals surface area contributed by atoms with Gasteiger partial charge in [-0.05, 0) is 29.8 Å². The number of carbonyl (C=O) groups excluding carboxylic acids is 1. The summed E-state index contributed by atoms with van der Waals surface area (Å²) in [5.74, 6) is 1.57. The lowest BCUT2D eigenvalue weighted by Gasteiger charge is -2.16. The minimum atomic E-state index is -0.369. The predicted molar refractivity (Wildman–Crippen MR) is 117 cm³/mol. The molecule has 0 amide bonds. The second-order valence-electron chi connectivity index (χ2n) is 6.55. The third-order valence-corrected chi connectivity index (χ3v) is 4.47. The number of esters is 1. The number of rotatable bonds is 9. The molecule has 9 nitrogen and oxygen atoms in total. The van der Waals surface area contributed by atoms with Crippen molar-refractivity contribution in [1.29, 1.82) is 10.5 Å². The lowest BCUT2D eigenvalue weighted by atomic mass is 9.96. The number of nitrogens with one attached hydrogen (secondary N) is 2. The number of benzene rings is 1. The SMILES string of the molecule is CNc1nc(NCc2ccco2)c(C#N)c(-c2ccc(OCCOC(C)=O)cc2)c1C#N. The first kappa shape index (κ1) is 22.2. The van der Waals surface area contributed by atoms with Crippen molar-refractivity contribution in [2.24, 2.45) is 0 Å². The Morgan fingerprint density at radius 1 is 1.09 bits per heavy atom. The molecule has 3 aromatic rings. The van der Waals surface area contributed by atoms with Crippen LogP contribution < -0.4 is 15.4 Å². The zero-order valence-corrected chi connectivity index (χ0v) is 17.6. The third kappa shape index (κ3) is 5.15. The fraction of sp³-hybridized carbons (Fsp3) is 0.217. The molecule has 0 radical (unpaired) electrons. The maximum Gasteiger partial charge on any atom is 0.302 e. The Bertz CT molecular complexity index is 1160. The molecule has 9 heteroatoms. The maximum atomic E-state index is 10.8. The summed E-state index contributed by atoms with van der Waals surface area (Å²) in [7, 11) is 1.66. The zero-order chi connectivity index (χ0) is 22.9. The summed E-state index contributed by atoms with van der Waals surface area (Å²) in [5, 5.41) is 25.7. The van der Waals surface area contributed by atoms with Gasteiger partial charge in [0, 0.05) is 19.5 Å². The van der Waals surface area contributed by atoms with E-state index in [-0.39, 0.29) is 30.3 Å². The number of hydrogen-bond donors (Lipinski definition) is 2. The number of nitrogens with zero attached hydrogens (tertiary/aromatic N) is 3. The van der Waals surface area contributed by atoms with Crippen molar-refractivity contribution < 1.29 is 18.7 Å². The van der Waals surface area contributed by atoms with E-state index in [1.54, 1.807) is 43.6 Å². The molecule has 0 saturated carbocycles. The summed E-state index contributed by atoms with van der Waals surface area (Å²) in [6.45, 7) is 2.03. The van der Waals surface area contributed by atoms with Crippen LogP contribution in [0.3, 0.4) is 0 Å². The van der Waals surface area contributed by atoms with Crippen LogP contribution in [0, 0.1) is 22.7 Å². The summed E-state index contributed by atoms with van der Waals surface area (Å²) in [4.78, 5) is 15.2. The number of nitriles is 2. The zero-order valence-electron chi connectivity index (χ0n) is 17.6. The van der Waals surface area contributed by atoms with Crippen LogP contribution in [0.25, 0.3) is 11.1 Å². The van der Waals surface area contributed by atoms with Gasteiger partial charge in [-0.25, -0.2) is 4.98 Å². The Balaban J connectivity index is 1.93. The number of anilines is 2. The molecule has 2 aromatic heterocycles. The summed E-state index contributed by atoms with van der Waals surface area (Å²) in [6.07, 6.45) is 1.56. The van der Waals surface area contributed by atoms with Crippen LogP contribution in [-0.4, -0.2) is 31.2 Å². The first-order chi connectivity index (χ1) is 15.6. The second kappa shape index (κ2) is 10.5. The topological polar surface area (TPSA) is 133 Å². The molecule has 0 atom stereocenters. The van der Waals surface area contributed by atoms with E-state index in [2.05, 4.69) is 27.8 Å². The molecule has 2 N–H and O–H groups in total. The van der Waals surface area contributed by atoms with E-state index in [1.165, 1.54) is 6.92 Å². The Morgan fingerprint density at radius 3 is 2.41 bits per heavy atom. The normalized spacial score (nSPS) is 10.0. The van der Waals surface area contributed by atoms with Gasteiger partial charge in [-0.2, -0.15) is 10.5 Å². The molecule has 0 unspecified atom stereocenters. The molecule has 162 valence electrons. The highest BCUT2D eigenvalue weighted by Gasteiger charge is 2.21. The largest absolute Gasteiger partial charge is 0.490 e. The van der Waals surface area contributed by atoms with Gasteiger partial charge in [-0.15, -0.1) is 0 Å². The summed E-state index contributed by atoms with van der Waals surface area (Å²) in [6, 6.07) is 14.9. The molecule has 0 aliphatic heterocycles. The molecule has 0 spiro atoms. The van der Waals surface area contributed by atoms with Gasteiger partial charge in [0.2, 0.25) is 0 Å². The van der Waals surface area contributed by atoms with Crippen molar-refractivity contribution in [2.75, 3.05) is 30.9 Å². The van der Waals surface area contributed by atoms with Crippen LogP contribution in [-0.2, 0) is 16.1 Å². The van der Waals surface area contributed by atoms with Gasteiger partial charge in [0.25, 0.3) is 0 Å². The Morgan fingerprint density at radius 2 is 1.81 bits per heavy atom. The number of aromatic nitrogens is 1. The number of carbonyl (C=O) groups is 1. The van der Waals surface area contributed by atoms with Crippen LogP contribution in [0.15, 0.2) is 47.1 Å². The minimum absolute atomic E-state index is 0.148. The van der Waals surface area contributed by atoms with Crippen molar-refractivity contribution >= 4 is 17.6 Å². The Kier molecular flexibility index (Phi) is 7.29. The van der Waals surface area contributed by atoms with E-state index >= 15 is 0 Å². The molecule has 3 rings (SSSR count). The highest BCUT2D eigenvalue weighted by Crippen LogP contribution is 2.35. The number of furan rings is 1. The monoisotopic (exact) mass is 431 g/mol. The molecule has 32 heavy (non-hydrogen) atoms. The van der Waals surface area contributed by atoms with Crippen LogP contribution in [0.2, 0.25) is 0 Å². The van der Waals surface area contributed by atoms with Gasteiger partial charge in [-0.1, -0.05) is 12.1 Å². The molecule has 2 heterocycles. The number of ether oxygens (including phenoxy) is 2. The van der Waals surface area contributed by atoms with Crippen LogP contribution >= 0.6 is 0 Å². The van der Waals surface area contributed by atoms with Gasteiger partial charge < -0.3 is 24.5 Å². The standard InChI is InChI=1S/C23H21N5O4/c1-15(29)30-10-11-32-17-7-5-16(6-8-17)21-19(12-24)22(26-2)28-23(20(21)13-25)27-14-18-4-3-9-31-18/h3-9H,10-11,14H2,1-2H3,(H2,26,27,28). The van der Waals surface area contributed by atoms with Gasteiger partial charge in [0.05, 0.1) is 12.8 Å². The van der Waals surface area contributed by atoms with Crippen molar-refractivity contribution in [3.63, 3.8) is 0 Å². The number of pyridine rings is 1. The van der Waals surface area contributed by atoms with Crippen LogP contribution in [0.4, 0.5) is 11.6 Å². The quantitative estimate of drug-likeness (QED) is 0.384. The maximum absolute atomic E-state index is 10.8. The molecule has 1 aromatic carbocycles. The average molecular weight is 431 g/mol. The predicted octanol–water partition coefficient (Wildman–Crippen LogP) is 3.68. The van der Waals surface area contributed by atoms with E-state index in [0.29, 0.717) is 40.8 Å². The highest BCUT2D eigenvalue weighted by molar-refractivity contribution is 5.85. The molecular weight excluding hydrogens is 410 g/mol. The van der Waals surface area contributed by atoms with Gasteiger partial charge >= 0.3 is 5.97 Å². The lowest BCUT2D eigenvalue weighted by Crippen LogP contribution is -2.09. The fourth-order valence-corrected chi connectivity index (χ4v) is 3.05. The Labute approximate surface area is 185 Å². The number of hydrogen-bond acceptors (Lipinski definition) is 9. The van der Waals surface area contributed by atoms with E-state index in [1.807, 2.05) is 6.07 Å². The van der Waals surface area contributed by atoms with E-state index < -0.39 is 0 Å². The van der Waals surface area contributed by atoms with Gasteiger partial charge in [0.15, 0.2) is 0 Å². The first-order valence-corrected chi connectivity index (χ1v) is 9.76. The molecule has 0 aliphatic rings. The first-order valence-electron chi connectivity index (χ1n) is 9.76. The van der Waals surface area contributed by atoms with Crippen molar-refractivity contribution in [3.8, 4) is 29.0 Å². The molecule has 0 saturated heterocycles. The molecule has 0 fully saturated rings. The summed E-state index contributed by atoms with van der Waals surface area (Å²) >= 11 is 0. The van der Waals surface area contributed by atoms with E-state index in [9.17, 15) is 15.3 Å². The summed E-state index contributed by atoms with van der Waals surface area (Å²) in [5.41, 5.74) is 1.62. The fourth-order valence-electron chi connectivity index (χ4n) is 3.05. The smallest absolute Gasteiger partial charge is 0.302 e. The van der Waals surface area contributed by atoms with E-state index in [4.69, 9.17) is 13.9 Å². The molecule has 0 bridgehead atoms. The van der Waals surface area contributed by atoms with E-state index in [0.717, 1.165) is 0 Å². The molecular formula is C23H21N5O4. The Hall–Kier alpha value is -4.50. The van der Waals surface area contributed by atoms with Crippen molar-refractivity contribution in [2.45, 2.75) is 13.5 Å². The average Bonchev–Trinajstić information content (AvgIpc) is 3.33. The summed E-state index contributed by atoms with van der Waals surface area (Å²) < 4.78 is 15.7. The van der Waals surface area contributed by atoms with Crippen molar-refractivity contribution in [3.05, 3.63) is 59.5 Å². The van der Waals surface area contributed by atoms with Crippen molar-refractivity contribution in [1.82, 2.24) is 4.98 Å². The third-order valence-electron chi connectivity index (χ3n) is 4.47. The van der Waals surface area contributed by atoms with Gasteiger partial charge in [-0.3, -0.25) is 4.79 Å². The second-order valence-corrected chi connectivity index (χ2v) is 6.55. The van der Waals surface area contributed by atoms with Crippen LogP contribution in [0.1, 0.15) is 23.8 Å². The van der Waals surface area contributed by atoms with Crippen LogP contribution in [0.5, 0.6) is 5.75 Å². The molecule has 0 aliphatic carbocycles. The van der Waals surface area contributed by atoms with Gasteiger partial charge in [0.1, 0.15) is 59.6 Å².